The SMILES string of the molecule is C=C(C)C(=O)NCC[N+](C)(CCOOCC[N+](CCOC(=O)C(=C)C)(CCO[N+](CCO)(CCOC(=O)C(=C)C)CC(=O)O)CC(=O)O)CC(=O)O. The van der Waals surface area contributed by atoms with E-state index >= 15 is 0 Å². The third kappa shape index (κ3) is 20.6. The molecule has 0 radical (unpaired) electrons. The van der Waals surface area contributed by atoms with Crippen LogP contribution in [0.25, 0.3) is 0 Å². The number of nitrogens with one attached hydrogen (secondary N) is 1. The van der Waals surface area contributed by atoms with Gasteiger partial charge in [0.2, 0.25) is 12.5 Å². The number of aliphatic hydroxyl groups is 1. The largest absolute Gasteiger partial charge is 0.477 e. The molecule has 19 nitrogen and oxygen atoms in total. The van der Waals surface area contributed by atoms with Gasteiger partial charge in [0.05, 0.1) is 26.7 Å². The molecule has 0 aliphatic heterocycles. The van der Waals surface area contributed by atoms with Crippen molar-refractivity contribution >= 4 is 35.8 Å². The fraction of sp³-hybridized carbons (Fsp3) is 0.636. The van der Waals surface area contributed by atoms with Crippen molar-refractivity contribution in [3.05, 3.63) is 36.5 Å². The molecule has 19 heteroatoms. The maximum Gasteiger partial charge on any atom is 0.362 e. The Bertz CT molecular complexity index is 1280. The average Bonchev–Trinajstić information content (AvgIpc) is 3.01. The minimum absolute atomic E-state index is 0.00379. The summed E-state index contributed by atoms with van der Waals surface area (Å²) in [5.41, 5.74) is 0.578. The maximum atomic E-state index is 12.1. The summed E-state index contributed by atoms with van der Waals surface area (Å²) >= 11 is 0. The fourth-order valence-electron chi connectivity index (χ4n) is 4.84. The van der Waals surface area contributed by atoms with E-state index in [0.29, 0.717) is 5.57 Å². The number of carbonyl (C=O) groups excluding carboxylic acids is 3. The number of hydroxylamine groups is 3. The minimum Gasteiger partial charge on any atom is -0.477 e. The number of likely N-dealkylation sites (N-methyl/N-ethyl adjacent to an activating group) is 1. The van der Waals surface area contributed by atoms with Gasteiger partial charge in [-0.15, -0.1) is 0 Å². The first-order chi connectivity index (χ1) is 24.2. The van der Waals surface area contributed by atoms with Gasteiger partial charge in [0.25, 0.3) is 0 Å². The summed E-state index contributed by atoms with van der Waals surface area (Å²) in [4.78, 5) is 87.9. The Hall–Kier alpha value is -4.24. The molecule has 0 saturated carbocycles. The summed E-state index contributed by atoms with van der Waals surface area (Å²) in [5, 5.41) is 41.3. The van der Waals surface area contributed by atoms with Gasteiger partial charge < -0.3 is 44.2 Å². The quantitative estimate of drug-likeness (QED) is 0.0144. The van der Waals surface area contributed by atoms with Gasteiger partial charge in [0.15, 0.2) is 19.7 Å². The molecule has 3 atom stereocenters. The molecule has 0 saturated heterocycles. The Balaban J connectivity index is 5.84. The van der Waals surface area contributed by atoms with Gasteiger partial charge in [-0.25, -0.2) is 33.7 Å². The molecule has 0 aromatic rings. The number of hydrogen-bond donors (Lipinski definition) is 5. The summed E-state index contributed by atoms with van der Waals surface area (Å²) in [7, 11) is 1.68. The van der Waals surface area contributed by atoms with Gasteiger partial charge in [-0.05, 0) is 20.8 Å². The van der Waals surface area contributed by atoms with E-state index in [4.69, 9.17) is 24.1 Å². The van der Waals surface area contributed by atoms with Crippen LogP contribution in [0.5, 0.6) is 0 Å². The number of aliphatic carboxylic acids is 3. The molecule has 0 aliphatic carbocycles. The summed E-state index contributed by atoms with van der Waals surface area (Å²) in [5.74, 6) is -5.26. The van der Waals surface area contributed by atoms with E-state index in [9.17, 15) is 49.2 Å². The monoisotopic (exact) mass is 749 g/mol. The van der Waals surface area contributed by atoms with Crippen LogP contribution in [0.4, 0.5) is 0 Å². The van der Waals surface area contributed by atoms with Crippen LogP contribution < -0.4 is 5.32 Å². The Morgan fingerprint density at radius 3 is 1.56 bits per heavy atom. The topological polar surface area (TPSA) is 242 Å². The van der Waals surface area contributed by atoms with Crippen LogP contribution in [0, 0.1) is 0 Å². The summed E-state index contributed by atoms with van der Waals surface area (Å²) < 4.78 is 9.41. The number of carboxylic acid groups (broad SMARTS) is 3. The van der Waals surface area contributed by atoms with Crippen molar-refractivity contribution in [1.82, 2.24) is 5.32 Å². The van der Waals surface area contributed by atoms with Crippen LogP contribution in [-0.4, -0.2) is 188 Å². The molecule has 0 aliphatic rings. The van der Waals surface area contributed by atoms with Crippen molar-refractivity contribution in [2.45, 2.75) is 20.8 Å². The standard InChI is InChI=1S/C33H54N4O15/c1-25(2)31(45)34-8-9-35(7,22-28(39)40)11-20-51-52-21-14-36(23-29(41)42,12-17-48-32(46)26(3)4)13-19-50-37(10-16-38,24-30(43)44)15-18-49-33(47)27(5)6/h38H,1,3,5,8-24H2,2,4,6-7H3,(H-3,34,39,40,41,42,43,44,45)/p+3. The maximum absolute atomic E-state index is 12.1. The molecular formula is C33H57N4O15+3. The van der Waals surface area contributed by atoms with E-state index in [2.05, 4.69) is 25.1 Å². The molecule has 1 amide bonds. The van der Waals surface area contributed by atoms with E-state index in [0.717, 1.165) is 0 Å². The number of hydrogen-bond acceptors (Lipinski definition) is 12. The highest BCUT2D eigenvalue weighted by atomic mass is 17.2. The molecule has 0 aromatic carbocycles. The first-order valence-corrected chi connectivity index (χ1v) is 16.5. The van der Waals surface area contributed by atoms with Crippen LogP contribution in [-0.2, 0) is 52.9 Å². The smallest absolute Gasteiger partial charge is 0.362 e. The van der Waals surface area contributed by atoms with Crippen LogP contribution in [0.15, 0.2) is 36.5 Å². The van der Waals surface area contributed by atoms with Gasteiger partial charge in [0, 0.05) is 16.7 Å². The lowest BCUT2D eigenvalue weighted by molar-refractivity contribution is -1.10. The number of aliphatic hydroxyl groups excluding tert-OH is 1. The Morgan fingerprint density at radius 1 is 0.596 bits per heavy atom. The molecule has 0 spiro atoms. The van der Waals surface area contributed by atoms with Crippen LogP contribution in [0.2, 0.25) is 0 Å². The van der Waals surface area contributed by atoms with E-state index < -0.39 is 54.2 Å². The van der Waals surface area contributed by atoms with Gasteiger partial charge in [-0.2, -0.15) is 9.48 Å². The molecule has 0 fully saturated rings. The first kappa shape index (κ1) is 47.8. The van der Waals surface area contributed by atoms with Crippen molar-refractivity contribution in [2.75, 3.05) is 119 Å². The van der Waals surface area contributed by atoms with Crippen molar-refractivity contribution in [3.8, 4) is 0 Å². The number of esters is 2. The third-order valence-electron chi connectivity index (χ3n) is 7.85. The van der Waals surface area contributed by atoms with E-state index in [1.165, 1.54) is 13.8 Å². The van der Waals surface area contributed by atoms with Gasteiger partial charge in [0.1, 0.15) is 65.7 Å². The minimum atomic E-state index is -1.27. The van der Waals surface area contributed by atoms with E-state index in [-0.39, 0.29) is 118 Å². The van der Waals surface area contributed by atoms with Crippen LogP contribution >= 0.6 is 0 Å². The van der Waals surface area contributed by atoms with Gasteiger partial charge in [-0.3, -0.25) is 4.79 Å². The fourth-order valence-corrected chi connectivity index (χ4v) is 4.84. The first-order valence-electron chi connectivity index (χ1n) is 16.5. The number of quaternary nitrogens is 3. The third-order valence-corrected chi connectivity index (χ3v) is 7.85. The Morgan fingerprint density at radius 2 is 1.08 bits per heavy atom. The molecule has 0 heterocycles. The predicted octanol–water partition coefficient (Wildman–Crippen LogP) is -0.877. The highest BCUT2D eigenvalue weighted by Crippen LogP contribution is 2.14. The Kier molecular flexibility index (Phi) is 22.1. The van der Waals surface area contributed by atoms with E-state index in [1.54, 1.807) is 14.0 Å². The second-order valence-electron chi connectivity index (χ2n) is 12.8. The van der Waals surface area contributed by atoms with Crippen molar-refractivity contribution in [2.24, 2.45) is 0 Å². The molecule has 296 valence electrons. The Labute approximate surface area is 303 Å². The van der Waals surface area contributed by atoms with Crippen LogP contribution in [0.3, 0.4) is 0 Å². The molecule has 52 heavy (non-hydrogen) atoms. The zero-order valence-corrected chi connectivity index (χ0v) is 30.8. The lowest BCUT2D eigenvalue weighted by atomic mass is 10.3. The highest BCUT2D eigenvalue weighted by molar-refractivity contribution is 5.92. The van der Waals surface area contributed by atoms with Gasteiger partial charge >= 0.3 is 29.8 Å². The average molecular weight is 750 g/mol. The molecule has 0 bridgehead atoms. The zero-order valence-electron chi connectivity index (χ0n) is 30.8. The number of amides is 1. The molecular weight excluding hydrogens is 692 g/mol. The van der Waals surface area contributed by atoms with Crippen molar-refractivity contribution in [3.63, 3.8) is 0 Å². The summed E-state index contributed by atoms with van der Waals surface area (Å²) in [6.07, 6.45) is 0. The zero-order chi connectivity index (χ0) is 40.0. The highest BCUT2D eigenvalue weighted by Gasteiger charge is 2.37. The number of carboxylic acids is 3. The lowest BCUT2D eigenvalue weighted by Gasteiger charge is -2.39. The van der Waals surface area contributed by atoms with E-state index in [1.807, 2.05) is 0 Å². The van der Waals surface area contributed by atoms with Crippen molar-refractivity contribution in [1.29, 1.82) is 0 Å². The van der Waals surface area contributed by atoms with Crippen molar-refractivity contribution < 1.29 is 86.9 Å². The molecule has 0 rings (SSSR count). The normalized spacial score (nSPS) is 14.5. The number of ether oxygens (including phenoxy) is 2. The predicted molar refractivity (Wildman–Crippen MR) is 183 cm³/mol. The number of nitrogens with zero attached hydrogens (tertiary/aromatic N) is 3. The number of carbonyl (C=O) groups is 6. The molecule has 0 aromatic heterocycles. The summed E-state index contributed by atoms with van der Waals surface area (Å²) in [6, 6.07) is 0. The molecule has 5 N–H and O–H groups in total. The lowest BCUT2D eigenvalue weighted by Crippen LogP contribution is -2.59. The molecule has 3 unspecified atom stereocenters. The second-order valence-corrected chi connectivity index (χ2v) is 12.8. The van der Waals surface area contributed by atoms with Crippen LogP contribution in [0.1, 0.15) is 20.8 Å². The summed E-state index contributed by atoms with van der Waals surface area (Å²) in [6.45, 7) is 12.5. The second kappa shape index (κ2) is 24.1. The van der Waals surface area contributed by atoms with Gasteiger partial charge in [-0.1, -0.05) is 19.7 Å². The number of rotatable bonds is 31.